The van der Waals surface area contributed by atoms with Crippen LogP contribution in [-0.2, 0) is 9.63 Å². The lowest BCUT2D eigenvalue weighted by atomic mass is 10.1. The standard InChI is InChI=1S/C11H21NO2.C3H6/c1-2-3-4-5-6-7-8-9-10-14-12-11-13;1-3-2/h2-10H2,1H3;3H,1H2,2H3. The number of allylic oxidation sites excluding steroid dienone is 1. The normalized spacial score (nSPS) is 8.59. The molecule has 0 fully saturated rings. The van der Waals surface area contributed by atoms with Gasteiger partial charge in [-0.3, -0.25) is 0 Å². The molecule has 3 nitrogen and oxygen atoms in total. The van der Waals surface area contributed by atoms with Crippen LogP contribution in [0.5, 0.6) is 0 Å². The van der Waals surface area contributed by atoms with E-state index in [9.17, 15) is 4.79 Å². The maximum Gasteiger partial charge on any atom is 0.276 e. The highest BCUT2D eigenvalue weighted by molar-refractivity contribution is 5.31. The van der Waals surface area contributed by atoms with Crippen LogP contribution in [0.3, 0.4) is 0 Å². The predicted molar refractivity (Wildman–Crippen MR) is 72.6 cm³/mol. The van der Waals surface area contributed by atoms with E-state index >= 15 is 0 Å². The molecule has 0 aromatic carbocycles. The second kappa shape index (κ2) is 20.3. The molecule has 0 rings (SSSR count). The fourth-order valence-corrected chi connectivity index (χ4v) is 1.37. The second-order valence-electron chi connectivity index (χ2n) is 3.90. The van der Waals surface area contributed by atoms with Gasteiger partial charge in [0.2, 0.25) is 0 Å². The summed E-state index contributed by atoms with van der Waals surface area (Å²) in [6.07, 6.45) is 13.2. The number of unbranched alkanes of at least 4 members (excludes halogenated alkanes) is 7. The monoisotopic (exact) mass is 241 g/mol. The summed E-state index contributed by atoms with van der Waals surface area (Å²) in [7, 11) is 0. The minimum absolute atomic E-state index is 0.546. The Balaban J connectivity index is 0. The van der Waals surface area contributed by atoms with Gasteiger partial charge in [0.15, 0.2) is 0 Å². The minimum atomic E-state index is 0.546. The van der Waals surface area contributed by atoms with E-state index in [0.29, 0.717) is 6.61 Å². The van der Waals surface area contributed by atoms with E-state index in [1.807, 2.05) is 6.92 Å². The first-order valence-corrected chi connectivity index (χ1v) is 6.59. The third-order valence-corrected chi connectivity index (χ3v) is 2.19. The Morgan fingerprint density at radius 2 is 1.59 bits per heavy atom. The van der Waals surface area contributed by atoms with Crippen molar-refractivity contribution >= 4 is 6.08 Å². The molecule has 0 aromatic rings. The molecule has 0 aromatic heterocycles. The van der Waals surface area contributed by atoms with E-state index in [4.69, 9.17) is 0 Å². The number of carbonyl (C=O) groups excluding carboxylic acids is 1. The fourth-order valence-electron chi connectivity index (χ4n) is 1.37. The molecule has 0 unspecified atom stereocenters. The molecule has 0 bridgehead atoms. The van der Waals surface area contributed by atoms with Crippen LogP contribution in [0.1, 0.15) is 65.2 Å². The molecule has 0 saturated heterocycles. The number of nitrogens with zero attached hydrogens (tertiary/aromatic N) is 1. The lowest BCUT2D eigenvalue weighted by Gasteiger charge is -2.00. The van der Waals surface area contributed by atoms with Gasteiger partial charge in [-0.05, 0) is 19.8 Å². The summed E-state index contributed by atoms with van der Waals surface area (Å²) in [5, 5.41) is 3.02. The van der Waals surface area contributed by atoms with Crippen LogP contribution in [0, 0.1) is 0 Å². The largest absolute Gasteiger partial charge is 0.386 e. The smallest absolute Gasteiger partial charge is 0.276 e. The molecule has 0 spiro atoms. The second-order valence-corrected chi connectivity index (χ2v) is 3.90. The van der Waals surface area contributed by atoms with Gasteiger partial charge in [-0.25, -0.2) is 4.79 Å². The summed E-state index contributed by atoms with van der Waals surface area (Å²) in [4.78, 5) is 14.3. The number of isocyanates is 1. The third-order valence-electron chi connectivity index (χ3n) is 2.19. The average Bonchev–Trinajstić information content (AvgIpc) is 2.33. The van der Waals surface area contributed by atoms with Crippen molar-refractivity contribution in [2.75, 3.05) is 6.61 Å². The maximum absolute atomic E-state index is 9.62. The van der Waals surface area contributed by atoms with Crippen LogP contribution in [0.4, 0.5) is 0 Å². The lowest BCUT2D eigenvalue weighted by Crippen LogP contribution is -1.88. The summed E-state index contributed by atoms with van der Waals surface area (Å²) in [6.45, 7) is 8.02. The summed E-state index contributed by atoms with van der Waals surface area (Å²) in [6, 6.07) is 0. The molecular formula is C14H27NO2. The van der Waals surface area contributed by atoms with E-state index in [1.54, 1.807) is 6.08 Å². The molecule has 3 heteroatoms. The Kier molecular flexibility index (Phi) is 21.9. The number of hydrogen-bond donors (Lipinski definition) is 0. The van der Waals surface area contributed by atoms with Crippen molar-refractivity contribution in [2.24, 2.45) is 5.16 Å². The first-order valence-electron chi connectivity index (χ1n) is 6.59. The molecule has 0 amide bonds. The van der Waals surface area contributed by atoms with Crippen LogP contribution in [-0.4, -0.2) is 12.7 Å². The average molecular weight is 241 g/mol. The Morgan fingerprint density at radius 1 is 1.12 bits per heavy atom. The van der Waals surface area contributed by atoms with Crippen LogP contribution in [0.25, 0.3) is 0 Å². The van der Waals surface area contributed by atoms with Crippen molar-refractivity contribution < 1.29 is 9.63 Å². The number of hydrogen-bond acceptors (Lipinski definition) is 3. The lowest BCUT2D eigenvalue weighted by molar-refractivity contribution is 0.139. The first kappa shape index (κ1) is 18.3. The minimum Gasteiger partial charge on any atom is -0.386 e. The van der Waals surface area contributed by atoms with E-state index in [2.05, 4.69) is 23.5 Å². The van der Waals surface area contributed by atoms with E-state index in [0.717, 1.165) is 6.42 Å². The Hall–Kier alpha value is -1.08. The Bertz CT molecular complexity index is 187. The molecule has 0 aliphatic carbocycles. The summed E-state index contributed by atoms with van der Waals surface area (Å²) in [5.74, 6) is 0. The van der Waals surface area contributed by atoms with Crippen molar-refractivity contribution in [3.05, 3.63) is 12.7 Å². The zero-order chi connectivity index (χ0) is 13.2. The van der Waals surface area contributed by atoms with Gasteiger partial charge in [-0.1, -0.05) is 51.5 Å². The van der Waals surface area contributed by atoms with Gasteiger partial charge < -0.3 is 4.84 Å². The zero-order valence-corrected chi connectivity index (χ0v) is 11.4. The van der Waals surface area contributed by atoms with Crippen molar-refractivity contribution in [2.45, 2.75) is 65.2 Å². The molecule has 0 radical (unpaired) electrons. The third kappa shape index (κ3) is 25.3. The van der Waals surface area contributed by atoms with Crippen molar-refractivity contribution in [1.82, 2.24) is 0 Å². The van der Waals surface area contributed by atoms with Crippen LogP contribution >= 0.6 is 0 Å². The van der Waals surface area contributed by atoms with Crippen molar-refractivity contribution in [1.29, 1.82) is 0 Å². The molecular weight excluding hydrogens is 214 g/mol. The highest BCUT2D eigenvalue weighted by Crippen LogP contribution is 2.08. The Labute approximate surface area is 106 Å². The topological polar surface area (TPSA) is 38.7 Å². The van der Waals surface area contributed by atoms with Gasteiger partial charge in [0, 0.05) is 5.16 Å². The van der Waals surface area contributed by atoms with Crippen LogP contribution in [0.2, 0.25) is 0 Å². The molecule has 0 heterocycles. The van der Waals surface area contributed by atoms with Crippen molar-refractivity contribution in [3.63, 3.8) is 0 Å². The highest BCUT2D eigenvalue weighted by Gasteiger charge is 1.91. The summed E-state index contributed by atoms with van der Waals surface area (Å²) in [5.41, 5.74) is 0. The Morgan fingerprint density at radius 3 is 2.06 bits per heavy atom. The maximum atomic E-state index is 9.62. The van der Waals surface area contributed by atoms with Crippen LogP contribution < -0.4 is 0 Å². The van der Waals surface area contributed by atoms with E-state index in [-0.39, 0.29) is 0 Å². The summed E-state index contributed by atoms with van der Waals surface area (Å²) >= 11 is 0. The zero-order valence-electron chi connectivity index (χ0n) is 11.4. The quantitative estimate of drug-likeness (QED) is 0.184. The summed E-state index contributed by atoms with van der Waals surface area (Å²) < 4.78 is 0. The van der Waals surface area contributed by atoms with E-state index in [1.165, 1.54) is 51.0 Å². The van der Waals surface area contributed by atoms with Gasteiger partial charge in [0.1, 0.15) is 6.61 Å². The molecule has 0 saturated carbocycles. The SMILES string of the molecule is C=CC.CCCCCCCCCCON=C=O. The van der Waals surface area contributed by atoms with E-state index < -0.39 is 0 Å². The van der Waals surface area contributed by atoms with Gasteiger partial charge in [-0.15, -0.1) is 6.58 Å². The molecule has 100 valence electrons. The molecule has 0 N–H and O–H groups in total. The van der Waals surface area contributed by atoms with Crippen LogP contribution in [0.15, 0.2) is 17.8 Å². The molecule has 0 atom stereocenters. The fraction of sp³-hybridized carbons (Fsp3) is 0.786. The van der Waals surface area contributed by atoms with Gasteiger partial charge in [0.25, 0.3) is 6.08 Å². The molecule has 17 heavy (non-hydrogen) atoms. The predicted octanol–water partition coefficient (Wildman–Crippen LogP) is 4.59. The van der Waals surface area contributed by atoms with Gasteiger partial charge >= 0.3 is 0 Å². The first-order chi connectivity index (χ1) is 8.33. The number of rotatable bonds is 10. The van der Waals surface area contributed by atoms with Crippen molar-refractivity contribution in [3.8, 4) is 0 Å². The highest BCUT2D eigenvalue weighted by atomic mass is 16.6. The molecule has 0 aliphatic heterocycles. The molecule has 0 aliphatic rings. The van der Waals surface area contributed by atoms with Gasteiger partial charge in [-0.2, -0.15) is 0 Å². The van der Waals surface area contributed by atoms with Gasteiger partial charge in [0.05, 0.1) is 0 Å².